The van der Waals surface area contributed by atoms with Crippen LogP contribution in [-0.4, -0.2) is 35.1 Å². The summed E-state index contributed by atoms with van der Waals surface area (Å²) >= 11 is 5.64. The third-order valence-electron chi connectivity index (χ3n) is 4.08. The smallest absolute Gasteiger partial charge is 0.0159 e. The number of rotatable bonds is 7. The molecule has 0 saturated carbocycles. The first kappa shape index (κ1) is 15.4. The van der Waals surface area contributed by atoms with E-state index in [-0.39, 0.29) is 0 Å². The Morgan fingerprint density at radius 3 is 2.74 bits per heavy atom. The first-order valence-electron chi connectivity index (χ1n) is 7.31. The number of benzene rings is 1. The van der Waals surface area contributed by atoms with E-state index in [1.165, 1.54) is 30.0 Å². The Hall–Kier alpha value is 0.0100. The van der Waals surface area contributed by atoms with Crippen molar-refractivity contribution in [2.24, 2.45) is 0 Å². The Balaban J connectivity index is 2.06. The van der Waals surface area contributed by atoms with Crippen LogP contribution in [-0.2, 0) is 0 Å². The van der Waals surface area contributed by atoms with E-state index in [1.807, 2.05) is 11.8 Å². The summed E-state index contributed by atoms with van der Waals surface area (Å²) in [6.07, 6.45) is 2.51. The summed E-state index contributed by atoms with van der Waals surface area (Å²) < 4.78 is 0. The molecule has 0 aliphatic carbocycles. The van der Waals surface area contributed by atoms with Gasteiger partial charge in [0.25, 0.3) is 0 Å². The first-order valence-corrected chi connectivity index (χ1v) is 9.42. The monoisotopic (exact) mass is 341 g/mol. The van der Waals surface area contributed by atoms with Gasteiger partial charge in [0.2, 0.25) is 0 Å². The van der Waals surface area contributed by atoms with Crippen molar-refractivity contribution < 1.29 is 0 Å². The minimum Gasteiger partial charge on any atom is -0.299 e. The molecule has 1 aromatic carbocycles. The van der Waals surface area contributed by atoms with E-state index < -0.39 is 0 Å². The second-order valence-corrected chi connectivity index (χ2v) is 7.05. The molecule has 1 aromatic rings. The molecule has 3 heteroatoms. The van der Waals surface area contributed by atoms with Crippen molar-refractivity contribution in [2.75, 3.05) is 24.2 Å². The molecule has 0 N–H and O–H groups in total. The molecule has 0 radical (unpaired) electrons. The highest BCUT2D eigenvalue weighted by molar-refractivity contribution is 9.09. The van der Waals surface area contributed by atoms with Crippen molar-refractivity contribution in [3.63, 3.8) is 0 Å². The molecular weight excluding hydrogens is 318 g/mol. The molecule has 0 saturated heterocycles. The normalized spacial score (nSPS) is 18.3. The quantitative estimate of drug-likeness (QED) is 0.657. The molecule has 106 valence electrons. The standard InChI is InChI=1S/C16H24BrNS/c1-3-14(4-2)18(10-9-17)11-13-12-19-16-8-6-5-7-15(13)16/h5-8,13-14H,3-4,9-12H2,1-2H3. The fraction of sp³-hybridized carbons (Fsp3) is 0.625. The summed E-state index contributed by atoms with van der Waals surface area (Å²) in [5, 5.41) is 1.07. The number of nitrogens with zero attached hydrogens (tertiary/aromatic N) is 1. The van der Waals surface area contributed by atoms with Crippen molar-refractivity contribution in [3.05, 3.63) is 29.8 Å². The lowest BCUT2D eigenvalue weighted by Crippen LogP contribution is -2.39. The summed E-state index contributed by atoms with van der Waals surface area (Å²) in [6.45, 7) is 7.00. The second kappa shape index (κ2) is 7.70. The Morgan fingerprint density at radius 1 is 1.32 bits per heavy atom. The van der Waals surface area contributed by atoms with Crippen LogP contribution < -0.4 is 0 Å². The number of hydrogen-bond donors (Lipinski definition) is 0. The van der Waals surface area contributed by atoms with Crippen molar-refractivity contribution in [2.45, 2.75) is 43.5 Å². The molecule has 19 heavy (non-hydrogen) atoms. The van der Waals surface area contributed by atoms with Crippen LogP contribution in [0.4, 0.5) is 0 Å². The van der Waals surface area contributed by atoms with E-state index in [0.717, 1.165) is 17.9 Å². The average Bonchev–Trinajstić information content (AvgIpc) is 2.84. The van der Waals surface area contributed by atoms with Gasteiger partial charge in [-0.15, -0.1) is 11.8 Å². The zero-order valence-corrected chi connectivity index (χ0v) is 14.3. The Kier molecular flexibility index (Phi) is 6.24. The molecule has 2 rings (SSSR count). The maximum Gasteiger partial charge on any atom is 0.0159 e. The van der Waals surface area contributed by atoms with E-state index >= 15 is 0 Å². The Labute approximate surface area is 130 Å². The van der Waals surface area contributed by atoms with Gasteiger partial charge in [0.1, 0.15) is 0 Å². The first-order chi connectivity index (χ1) is 9.30. The van der Waals surface area contributed by atoms with Gasteiger partial charge in [0.05, 0.1) is 0 Å². The molecule has 1 heterocycles. The van der Waals surface area contributed by atoms with Gasteiger partial charge in [0, 0.05) is 41.0 Å². The van der Waals surface area contributed by atoms with E-state index in [0.29, 0.717) is 5.92 Å². The molecule has 1 atom stereocenters. The van der Waals surface area contributed by atoms with Crippen molar-refractivity contribution in [1.29, 1.82) is 0 Å². The highest BCUT2D eigenvalue weighted by Crippen LogP contribution is 2.39. The molecule has 0 fully saturated rings. The molecule has 0 aromatic heterocycles. The van der Waals surface area contributed by atoms with Gasteiger partial charge < -0.3 is 0 Å². The average molecular weight is 342 g/mol. The summed E-state index contributed by atoms with van der Waals surface area (Å²) in [5.74, 6) is 1.96. The molecule has 1 unspecified atom stereocenters. The van der Waals surface area contributed by atoms with Crippen LogP contribution in [0.15, 0.2) is 29.2 Å². The van der Waals surface area contributed by atoms with Crippen LogP contribution in [0.5, 0.6) is 0 Å². The van der Waals surface area contributed by atoms with E-state index in [2.05, 4.69) is 58.9 Å². The largest absolute Gasteiger partial charge is 0.299 e. The molecule has 1 aliphatic heterocycles. The van der Waals surface area contributed by atoms with Crippen LogP contribution in [0.25, 0.3) is 0 Å². The summed E-state index contributed by atoms with van der Waals surface area (Å²) in [4.78, 5) is 4.18. The summed E-state index contributed by atoms with van der Waals surface area (Å²) in [5.41, 5.74) is 1.57. The van der Waals surface area contributed by atoms with E-state index in [1.54, 1.807) is 5.56 Å². The summed E-state index contributed by atoms with van der Waals surface area (Å²) in [6, 6.07) is 9.66. The zero-order chi connectivity index (χ0) is 13.7. The van der Waals surface area contributed by atoms with Crippen LogP contribution in [0.2, 0.25) is 0 Å². The van der Waals surface area contributed by atoms with Crippen LogP contribution in [0, 0.1) is 0 Å². The van der Waals surface area contributed by atoms with Gasteiger partial charge in [-0.05, 0) is 24.5 Å². The van der Waals surface area contributed by atoms with Gasteiger partial charge in [0.15, 0.2) is 0 Å². The van der Waals surface area contributed by atoms with Crippen molar-refractivity contribution in [1.82, 2.24) is 4.90 Å². The zero-order valence-electron chi connectivity index (χ0n) is 11.9. The van der Waals surface area contributed by atoms with Crippen molar-refractivity contribution in [3.8, 4) is 0 Å². The SMILES string of the molecule is CCC(CC)N(CCBr)CC1CSc2ccccc21. The fourth-order valence-corrected chi connectivity index (χ4v) is 4.70. The number of hydrogen-bond acceptors (Lipinski definition) is 2. The highest BCUT2D eigenvalue weighted by atomic mass is 79.9. The van der Waals surface area contributed by atoms with Gasteiger partial charge in [-0.2, -0.15) is 0 Å². The van der Waals surface area contributed by atoms with Gasteiger partial charge in [-0.1, -0.05) is 48.0 Å². The van der Waals surface area contributed by atoms with Crippen LogP contribution >= 0.6 is 27.7 Å². The van der Waals surface area contributed by atoms with Gasteiger partial charge >= 0.3 is 0 Å². The van der Waals surface area contributed by atoms with Gasteiger partial charge in [-0.25, -0.2) is 0 Å². The molecule has 0 spiro atoms. The van der Waals surface area contributed by atoms with Crippen LogP contribution in [0.1, 0.15) is 38.2 Å². The van der Waals surface area contributed by atoms with E-state index in [4.69, 9.17) is 0 Å². The second-order valence-electron chi connectivity index (χ2n) is 5.20. The minimum atomic E-state index is 0.709. The maximum atomic E-state index is 3.61. The minimum absolute atomic E-state index is 0.709. The van der Waals surface area contributed by atoms with Crippen molar-refractivity contribution >= 4 is 27.7 Å². The number of thioether (sulfide) groups is 1. The number of fused-ring (bicyclic) bond motifs is 1. The fourth-order valence-electron chi connectivity index (χ4n) is 3.00. The highest BCUT2D eigenvalue weighted by Gasteiger charge is 2.26. The molecule has 1 aliphatic rings. The lowest BCUT2D eigenvalue weighted by Gasteiger charge is -2.32. The predicted molar refractivity (Wildman–Crippen MR) is 89.6 cm³/mol. The number of halogens is 1. The molecule has 0 amide bonds. The summed E-state index contributed by atoms with van der Waals surface area (Å²) in [7, 11) is 0. The van der Waals surface area contributed by atoms with Gasteiger partial charge in [-0.3, -0.25) is 4.90 Å². The van der Waals surface area contributed by atoms with Crippen LogP contribution in [0.3, 0.4) is 0 Å². The Bertz CT molecular complexity index is 392. The topological polar surface area (TPSA) is 3.24 Å². The van der Waals surface area contributed by atoms with E-state index in [9.17, 15) is 0 Å². The lowest BCUT2D eigenvalue weighted by molar-refractivity contribution is 0.189. The number of alkyl halides is 1. The third kappa shape index (κ3) is 3.77. The predicted octanol–water partition coefficient (Wildman–Crippen LogP) is 4.76. The third-order valence-corrected chi connectivity index (χ3v) is 5.69. The molecule has 0 bridgehead atoms. The molecular formula is C16H24BrNS. The lowest BCUT2D eigenvalue weighted by atomic mass is 9.99. The molecule has 1 nitrogen and oxygen atoms in total. The maximum absolute atomic E-state index is 3.61. The Morgan fingerprint density at radius 2 is 2.05 bits per heavy atom.